The Labute approximate surface area is 230 Å². The van der Waals surface area contributed by atoms with Crippen LogP contribution in [0.1, 0.15) is 40.9 Å². The number of halogens is 2. The molecule has 10 heteroatoms. The Morgan fingerprint density at radius 1 is 1.15 bits per heavy atom. The van der Waals surface area contributed by atoms with Crippen molar-refractivity contribution in [3.8, 4) is 23.3 Å². The number of likely N-dealkylation sites (tertiary alicyclic amines) is 1. The SMILES string of the molecule is N#CCC1(n2cc(C(N)=O)c(CC(=O)C3CC3C#N)n2)CCN(Cc2ccc(-c3ccccc3)cc2F)CC1F. The lowest BCUT2D eigenvalue weighted by Crippen LogP contribution is -2.54. The predicted octanol–water partition coefficient (Wildman–Crippen LogP) is 3.91. The second-order valence-electron chi connectivity index (χ2n) is 10.6. The summed E-state index contributed by atoms with van der Waals surface area (Å²) in [4.78, 5) is 26.5. The number of alkyl halides is 1. The van der Waals surface area contributed by atoms with Crippen LogP contribution in [0.5, 0.6) is 0 Å². The van der Waals surface area contributed by atoms with E-state index in [9.17, 15) is 19.2 Å². The molecule has 1 aromatic heterocycles. The van der Waals surface area contributed by atoms with E-state index in [2.05, 4.69) is 11.2 Å². The van der Waals surface area contributed by atoms with Crippen molar-refractivity contribution in [2.45, 2.75) is 43.9 Å². The van der Waals surface area contributed by atoms with Gasteiger partial charge < -0.3 is 5.73 Å². The van der Waals surface area contributed by atoms with Crippen molar-refractivity contribution in [1.29, 1.82) is 10.5 Å². The van der Waals surface area contributed by atoms with Gasteiger partial charge in [0, 0.05) is 37.3 Å². The van der Waals surface area contributed by atoms with Crippen LogP contribution < -0.4 is 5.73 Å². The molecule has 0 radical (unpaired) electrons. The number of amides is 1. The van der Waals surface area contributed by atoms with Crippen LogP contribution in [0.25, 0.3) is 11.1 Å². The van der Waals surface area contributed by atoms with E-state index in [0.29, 0.717) is 18.5 Å². The molecule has 0 spiro atoms. The van der Waals surface area contributed by atoms with E-state index < -0.39 is 23.5 Å². The summed E-state index contributed by atoms with van der Waals surface area (Å²) in [6, 6.07) is 18.6. The lowest BCUT2D eigenvalue weighted by molar-refractivity contribution is -0.119. The molecule has 8 nitrogen and oxygen atoms in total. The predicted molar refractivity (Wildman–Crippen MR) is 141 cm³/mol. The molecular formula is C30H28F2N6O2. The Morgan fingerprint density at radius 3 is 2.55 bits per heavy atom. The fraction of sp³-hybridized carbons (Fsp3) is 0.367. The maximum atomic E-state index is 16.0. The van der Waals surface area contributed by atoms with Gasteiger partial charge in [-0.15, -0.1) is 0 Å². The van der Waals surface area contributed by atoms with Crippen LogP contribution in [-0.2, 0) is 23.3 Å². The standard InChI is InChI=1S/C30H28F2N6O2/c31-25-13-20(19-4-2-1-3-5-19)6-7-21(25)16-37-11-9-30(8-10-33,28(32)18-37)38-17-24(29(35)40)26(36-38)14-27(39)23-12-22(23)15-34/h1-7,13,17,22-23,28H,8-9,11-12,14,16,18H2,(H2,35,40). The lowest BCUT2D eigenvalue weighted by Gasteiger charge is -2.43. The summed E-state index contributed by atoms with van der Waals surface area (Å²) in [6.45, 7) is 0.470. The Morgan fingerprint density at radius 2 is 1.93 bits per heavy atom. The third kappa shape index (κ3) is 5.23. The molecule has 4 atom stereocenters. The van der Waals surface area contributed by atoms with Crippen LogP contribution in [0.15, 0.2) is 54.7 Å². The molecule has 2 aromatic carbocycles. The zero-order valence-electron chi connectivity index (χ0n) is 21.8. The van der Waals surface area contributed by atoms with E-state index in [1.807, 2.05) is 42.5 Å². The molecule has 3 aromatic rings. The van der Waals surface area contributed by atoms with Gasteiger partial charge in [0.2, 0.25) is 0 Å². The number of carbonyl (C=O) groups excluding carboxylic acids is 2. The van der Waals surface area contributed by atoms with Crippen LogP contribution in [0.3, 0.4) is 0 Å². The molecule has 1 aliphatic heterocycles. The summed E-state index contributed by atoms with van der Waals surface area (Å²) in [5.74, 6) is -2.15. The highest BCUT2D eigenvalue weighted by atomic mass is 19.1. The molecular weight excluding hydrogens is 514 g/mol. The fourth-order valence-electron chi connectivity index (χ4n) is 5.51. The number of nitriles is 2. The molecule has 4 unspecified atom stereocenters. The summed E-state index contributed by atoms with van der Waals surface area (Å²) in [5.41, 5.74) is 6.37. The number of piperidine rings is 1. The summed E-state index contributed by atoms with van der Waals surface area (Å²) in [7, 11) is 0. The minimum atomic E-state index is -1.57. The van der Waals surface area contributed by atoms with Crippen molar-refractivity contribution < 1.29 is 18.4 Å². The number of nitrogens with zero attached hydrogens (tertiary/aromatic N) is 5. The van der Waals surface area contributed by atoms with Crippen molar-refractivity contribution in [2.24, 2.45) is 17.6 Å². The number of carbonyl (C=O) groups is 2. The number of ketones is 1. The van der Waals surface area contributed by atoms with Gasteiger partial charge in [-0.05, 0) is 30.0 Å². The average molecular weight is 543 g/mol. The summed E-state index contributed by atoms with van der Waals surface area (Å²) in [5, 5.41) is 23.0. The van der Waals surface area contributed by atoms with Crippen molar-refractivity contribution in [2.75, 3.05) is 13.1 Å². The highest BCUT2D eigenvalue weighted by Crippen LogP contribution is 2.40. The van der Waals surface area contributed by atoms with Crippen molar-refractivity contribution in [3.05, 3.63) is 77.4 Å². The van der Waals surface area contributed by atoms with E-state index in [4.69, 9.17) is 11.0 Å². The molecule has 1 saturated heterocycles. The summed E-state index contributed by atoms with van der Waals surface area (Å²) >= 11 is 0. The first-order valence-corrected chi connectivity index (χ1v) is 13.1. The smallest absolute Gasteiger partial charge is 0.252 e. The monoisotopic (exact) mass is 542 g/mol. The second-order valence-corrected chi connectivity index (χ2v) is 10.6. The maximum Gasteiger partial charge on any atom is 0.252 e. The Hall–Kier alpha value is -4.41. The first-order valence-electron chi connectivity index (χ1n) is 13.1. The van der Waals surface area contributed by atoms with Crippen molar-refractivity contribution in [1.82, 2.24) is 14.7 Å². The Kier molecular flexibility index (Phi) is 7.46. The third-order valence-corrected chi connectivity index (χ3v) is 8.03. The van der Waals surface area contributed by atoms with Crippen molar-refractivity contribution >= 4 is 11.7 Å². The molecule has 1 saturated carbocycles. The quantitative estimate of drug-likeness (QED) is 0.437. The summed E-state index contributed by atoms with van der Waals surface area (Å²) < 4.78 is 32.3. The van der Waals surface area contributed by atoms with Gasteiger partial charge in [-0.25, -0.2) is 8.78 Å². The first-order chi connectivity index (χ1) is 19.3. The van der Waals surface area contributed by atoms with Gasteiger partial charge in [-0.1, -0.05) is 42.5 Å². The minimum absolute atomic E-state index is 0.00460. The first kappa shape index (κ1) is 27.2. The molecule has 2 aliphatic rings. The van der Waals surface area contributed by atoms with Gasteiger partial charge in [-0.3, -0.25) is 19.2 Å². The van der Waals surface area contributed by atoms with Crippen LogP contribution in [0.2, 0.25) is 0 Å². The number of benzene rings is 2. The van der Waals surface area contributed by atoms with Gasteiger partial charge in [-0.2, -0.15) is 15.6 Å². The molecule has 2 N–H and O–H groups in total. The van der Waals surface area contributed by atoms with Gasteiger partial charge in [0.25, 0.3) is 5.91 Å². The Bertz CT molecular complexity index is 1530. The van der Waals surface area contributed by atoms with E-state index in [0.717, 1.165) is 11.1 Å². The van der Waals surface area contributed by atoms with Gasteiger partial charge in [0.15, 0.2) is 0 Å². The fourth-order valence-corrected chi connectivity index (χ4v) is 5.51. The largest absolute Gasteiger partial charge is 0.365 e. The van der Waals surface area contributed by atoms with E-state index in [1.54, 1.807) is 11.0 Å². The lowest BCUT2D eigenvalue weighted by atomic mass is 9.83. The molecule has 1 aliphatic carbocycles. The minimum Gasteiger partial charge on any atom is -0.365 e. The molecule has 40 heavy (non-hydrogen) atoms. The van der Waals surface area contributed by atoms with E-state index in [-0.39, 0.29) is 61.1 Å². The zero-order valence-corrected chi connectivity index (χ0v) is 21.8. The normalized spacial score (nSPS) is 24.1. The summed E-state index contributed by atoms with van der Waals surface area (Å²) in [6.07, 6.45) is -0.00709. The zero-order chi connectivity index (χ0) is 28.4. The number of hydrogen-bond donors (Lipinski definition) is 1. The van der Waals surface area contributed by atoms with E-state index in [1.165, 1.54) is 16.9 Å². The van der Waals surface area contributed by atoms with Crippen LogP contribution in [-0.4, -0.2) is 45.6 Å². The molecule has 2 fully saturated rings. The number of Topliss-reactive ketones (excluding diaryl/α,β-unsaturated/α-hetero) is 1. The number of primary amides is 1. The highest BCUT2D eigenvalue weighted by Gasteiger charge is 2.47. The topological polar surface area (TPSA) is 129 Å². The molecule has 5 rings (SSSR count). The van der Waals surface area contributed by atoms with Gasteiger partial charge in [0.05, 0.1) is 42.2 Å². The van der Waals surface area contributed by atoms with Crippen LogP contribution in [0, 0.1) is 40.3 Å². The number of hydrogen-bond acceptors (Lipinski definition) is 6. The second kappa shape index (κ2) is 11.0. The maximum absolute atomic E-state index is 16.0. The van der Waals surface area contributed by atoms with Crippen LogP contribution >= 0.6 is 0 Å². The molecule has 204 valence electrons. The highest BCUT2D eigenvalue weighted by molar-refractivity contribution is 5.96. The number of rotatable bonds is 9. The van der Waals surface area contributed by atoms with Crippen LogP contribution in [0.4, 0.5) is 8.78 Å². The Balaban J connectivity index is 1.34. The number of nitrogens with two attached hydrogens (primary N) is 1. The third-order valence-electron chi connectivity index (χ3n) is 8.03. The van der Waals surface area contributed by atoms with Gasteiger partial charge >= 0.3 is 0 Å². The molecule has 2 heterocycles. The molecule has 1 amide bonds. The molecule has 0 bridgehead atoms. The van der Waals surface area contributed by atoms with E-state index >= 15 is 4.39 Å². The van der Waals surface area contributed by atoms with Gasteiger partial charge in [0.1, 0.15) is 23.3 Å². The average Bonchev–Trinajstić information content (AvgIpc) is 3.63. The number of aromatic nitrogens is 2. The van der Waals surface area contributed by atoms with Crippen molar-refractivity contribution in [3.63, 3.8) is 0 Å².